The molecule has 2 amide bonds. The number of nitrogens with one attached hydrogen (secondary N) is 1. The van der Waals surface area contributed by atoms with Crippen LogP contribution in [0.15, 0.2) is 24.3 Å². The van der Waals surface area contributed by atoms with Gasteiger partial charge in [-0.05, 0) is 38.0 Å². The van der Waals surface area contributed by atoms with Crippen molar-refractivity contribution < 1.29 is 14.3 Å². The van der Waals surface area contributed by atoms with Gasteiger partial charge in [-0.2, -0.15) is 0 Å². The SMILES string of the molecule is COc1ccc(C)cc1/C=C/C(=O)N1CCN(CC(=O)NC2CC2)CC1. The summed E-state index contributed by atoms with van der Waals surface area (Å²) in [5.74, 6) is 0.848. The molecule has 0 unspecified atom stereocenters. The van der Waals surface area contributed by atoms with E-state index in [0.29, 0.717) is 25.7 Å². The van der Waals surface area contributed by atoms with E-state index in [1.54, 1.807) is 13.2 Å². The fourth-order valence-corrected chi connectivity index (χ4v) is 3.08. The lowest BCUT2D eigenvalue weighted by Crippen LogP contribution is -2.51. The van der Waals surface area contributed by atoms with Crippen LogP contribution in [-0.4, -0.2) is 67.5 Å². The van der Waals surface area contributed by atoms with E-state index in [0.717, 1.165) is 42.8 Å². The van der Waals surface area contributed by atoms with Crippen molar-refractivity contribution in [3.05, 3.63) is 35.4 Å². The second kappa shape index (κ2) is 8.36. The molecule has 0 atom stereocenters. The third-order valence-corrected chi connectivity index (χ3v) is 4.78. The number of carbonyl (C=O) groups is 2. The van der Waals surface area contributed by atoms with Crippen molar-refractivity contribution in [1.29, 1.82) is 0 Å². The van der Waals surface area contributed by atoms with Crippen LogP contribution in [0.3, 0.4) is 0 Å². The minimum absolute atomic E-state index is 0.00404. The van der Waals surface area contributed by atoms with Crippen LogP contribution in [0.2, 0.25) is 0 Å². The fraction of sp³-hybridized carbons (Fsp3) is 0.500. The number of hydrogen-bond acceptors (Lipinski definition) is 4. The monoisotopic (exact) mass is 357 g/mol. The first-order valence-corrected chi connectivity index (χ1v) is 9.18. The minimum atomic E-state index is -0.00404. The summed E-state index contributed by atoms with van der Waals surface area (Å²) in [5, 5.41) is 3.00. The molecule has 0 spiro atoms. The molecule has 0 aromatic heterocycles. The Morgan fingerprint density at radius 1 is 1.23 bits per heavy atom. The van der Waals surface area contributed by atoms with Crippen molar-refractivity contribution in [2.75, 3.05) is 39.8 Å². The van der Waals surface area contributed by atoms with Crippen LogP contribution >= 0.6 is 0 Å². The van der Waals surface area contributed by atoms with E-state index in [2.05, 4.69) is 10.2 Å². The van der Waals surface area contributed by atoms with E-state index in [9.17, 15) is 9.59 Å². The Bertz CT molecular complexity index is 690. The first-order valence-electron chi connectivity index (χ1n) is 9.18. The zero-order chi connectivity index (χ0) is 18.5. The van der Waals surface area contributed by atoms with Gasteiger partial charge in [0.2, 0.25) is 11.8 Å². The second-order valence-electron chi connectivity index (χ2n) is 7.02. The molecule has 1 N–H and O–H groups in total. The van der Waals surface area contributed by atoms with E-state index < -0.39 is 0 Å². The third kappa shape index (κ3) is 5.08. The van der Waals surface area contributed by atoms with Gasteiger partial charge >= 0.3 is 0 Å². The normalized spacial score (nSPS) is 18.2. The zero-order valence-corrected chi connectivity index (χ0v) is 15.5. The number of methoxy groups -OCH3 is 1. The second-order valence-corrected chi connectivity index (χ2v) is 7.02. The van der Waals surface area contributed by atoms with Crippen molar-refractivity contribution >= 4 is 17.9 Å². The Kier molecular flexibility index (Phi) is 5.93. The zero-order valence-electron chi connectivity index (χ0n) is 15.5. The maximum Gasteiger partial charge on any atom is 0.246 e. The molecule has 2 aliphatic rings. The van der Waals surface area contributed by atoms with Crippen LogP contribution in [0.1, 0.15) is 24.0 Å². The molecular formula is C20H27N3O3. The lowest BCUT2D eigenvalue weighted by atomic mass is 10.1. The van der Waals surface area contributed by atoms with Crippen molar-refractivity contribution in [3.8, 4) is 5.75 Å². The largest absolute Gasteiger partial charge is 0.496 e. The number of rotatable bonds is 6. The number of amides is 2. The van der Waals surface area contributed by atoms with Gasteiger partial charge in [-0.1, -0.05) is 11.6 Å². The molecular weight excluding hydrogens is 330 g/mol. The summed E-state index contributed by atoms with van der Waals surface area (Å²) in [5.41, 5.74) is 2.02. The molecule has 26 heavy (non-hydrogen) atoms. The summed E-state index contributed by atoms with van der Waals surface area (Å²) < 4.78 is 5.34. The topological polar surface area (TPSA) is 61.9 Å². The maximum absolute atomic E-state index is 12.4. The summed E-state index contributed by atoms with van der Waals surface area (Å²) in [6, 6.07) is 6.29. The van der Waals surface area contributed by atoms with Crippen LogP contribution in [-0.2, 0) is 9.59 Å². The first-order chi connectivity index (χ1) is 12.5. The Hall–Kier alpha value is -2.34. The van der Waals surface area contributed by atoms with Crippen molar-refractivity contribution in [2.24, 2.45) is 0 Å². The van der Waals surface area contributed by atoms with E-state index >= 15 is 0 Å². The standard InChI is InChI=1S/C20H27N3O3/c1-15-3-7-18(26-2)16(13-15)4-8-20(25)23-11-9-22(10-12-23)14-19(24)21-17-5-6-17/h3-4,7-8,13,17H,5-6,9-12,14H2,1-2H3,(H,21,24)/b8-4+. The van der Waals surface area contributed by atoms with Gasteiger partial charge in [-0.15, -0.1) is 0 Å². The van der Waals surface area contributed by atoms with E-state index in [-0.39, 0.29) is 11.8 Å². The average molecular weight is 357 g/mol. The van der Waals surface area contributed by atoms with Gasteiger partial charge in [0.1, 0.15) is 5.75 Å². The molecule has 1 heterocycles. The van der Waals surface area contributed by atoms with Crippen molar-refractivity contribution in [1.82, 2.24) is 15.1 Å². The molecule has 2 fully saturated rings. The Balaban J connectivity index is 1.49. The molecule has 1 aromatic carbocycles. The molecule has 1 aliphatic heterocycles. The third-order valence-electron chi connectivity index (χ3n) is 4.78. The summed E-state index contributed by atoms with van der Waals surface area (Å²) in [4.78, 5) is 28.2. The van der Waals surface area contributed by atoms with E-state index in [4.69, 9.17) is 4.74 Å². The van der Waals surface area contributed by atoms with Crippen LogP contribution in [0.5, 0.6) is 5.75 Å². The molecule has 0 radical (unpaired) electrons. The number of benzene rings is 1. The highest BCUT2D eigenvalue weighted by atomic mass is 16.5. The van der Waals surface area contributed by atoms with Crippen LogP contribution in [0.4, 0.5) is 0 Å². The Morgan fingerprint density at radius 3 is 2.62 bits per heavy atom. The van der Waals surface area contributed by atoms with Crippen LogP contribution < -0.4 is 10.1 Å². The number of hydrogen-bond donors (Lipinski definition) is 1. The molecule has 3 rings (SSSR count). The van der Waals surface area contributed by atoms with Gasteiger partial charge < -0.3 is 15.0 Å². The predicted molar refractivity (Wildman–Crippen MR) is 101 cm³/mol. The summed E-state index contributed by atoms with van der Waals surface area (Å²) >= 11 is 0. The lowest BCUT2D eigenvalue weighted by molar-refractivity contribution is -0.128. The minimum Gasteiger partial charge on any atom is -0.496 e. The van der Waals surface area contributed by atoms with Crippen LogP contribution in [0.25, 0.3) is 6.08 Å². The van der Waals surface area contributed by atoms with Gasteiger partial charge in [0.25, 0.3) is 0 Å². The van der Waals surface area contributed by atoms with Gasteiger partial charge in [-0.3, -0.25) is 14.5 Å². The molecule has 1 saturated carbocycles. The summed E-state index contributed by atoms with van der Waals surface area (Å²) in [6.45, 7) is 5.18. The Labute approximate surface area is 154 Å². The number of ether oxygens (including phenoxy) is 1. The van der Waals surface area contributed by atoms with Crippen molar-refractivity contribution in [2.45, 2.75) is 25.8 Å². The maximum atomic E-state index is 12.4. The highest BCUT2D eigenvalue weighted by Crippen LogP contribution is 2.21. The van der Waals surface area contributed by atoms with Crippen molar-refractivity contribution in [3.63, 3.8) is 0 Å². The molecule has 6 heteroatoms. The molecule has 1 aliphatic carbocycles. The van der Waals surface area contributed by atoms with Gasteiger partial charge in [-0.25, -0.2) is 0 Å². The lowest BCUT2D eigenvalue weighted by Gasteiger charge is -2.33. The van der Waals surface area contributed by atoms with Gasteiger partial charge in [0.15, 0.2) is 0 Å². The smallest absolute Gasteiger partial charge is 0.246 e. The predicted octanol–water partition coefficient (Wildman–Crippen LogP) is 1.44. The first kappa shape index (κ1) is 18.5. The average Bonchev–Trinajstić information content (AvgIpc) is 3.44. The van der Waals surface area contributed by atoms with Gasteiger partial charge in [0, 0.05) is 43.9 Å². The molecule has 1 saturated heterocycles. The molecule has 1 aromatic rings. The van der Waals surface area contributed by atoms with Gasteiger partial charge in [0.05, 0.1) is 13.7 Å². The van der Waals surface area contributed by atoms with E-state index in [1.165, 1.54) is 0 Å². The molecule has 6 nitrogen and oxygen atoms in total. The summed E-state index contributed by atoms with van der Waals surface area (Å²) in [7, 11) is 1.63. The number of piperazine rings is 1. The number of nitrogens with zero attached hydrogens (tertiary/aromatic N) is 2. The fourth-order valence-electron chi connectivity index (χ4n) is 3.08. The number of aryl methyl sites for hydroxylation is 1. The highest BCUT2D eigenvalue weighted by Gasteiger charge is 2.25. The Morgan fingerprint density at radius 2 is 1.96 bits per heavy atom. The summed E-state index contributed by atoms with van der Waals surface area (Å²) in [6.07, 6.45) is 5.62. The van der Waals surface area contributed by atoms with E-state index in [1.807, 2.05) is 36.1 Å². The van der Waals surface area contributed by atoms with Crippen LogP contribution in [0, 0.1) is 6.92 Å². The molecule has 140 valence electrons. The quantitative estimate of drug-likeness (QED) is 0.783. The highest BCUT2D eigenvalue weighted by molar-refractivity contribution is 5.92. The molecule has 0 bridgehead atoms. The number of carbonyl (C=O) groups excluding carboxylic acids is 2.